The van der Waals surface area contributed by atoms with E-state index in [2.05, 4.69) is 23.2 Å². The smallest absolute Gasteiger partial charge is 0.277 e. The molecule has 4 heterocycles. The minimum atomic E-state index is -0.566. The summed E-state index contributed by atoms with van der Waals surface area (Å²) in [5.74, 6) is 0.707. The second kappa shape index (κ2) is 8.29. The van der Waals surface area contributed by atoms with Crippen molar-refractivity contribution in [1.29, 1.82) is 0 Å². The molecule has 3 aliphatic heterocycles. The molecule has 3 aromatic rings. The fraction of sp³-hybridized carbons (Fsp3) is 0.231. The summed E-state index contributed by atoms with van der Waals surface area (Å²) in [6.07, 6.45) is 6.19. The largest absolute Gasteiger partial charge is 0.502 e. The number of thioether (sulfide) groups is 1. The molecular formula is C26H23N3O4S. The maximum atomic E-state index is 13.4. The molecule has 2 aromatic carbocycles. The van der Waals surface area contributed by atoms with E-state index >= 15 is 0 Å². The van der Waals surface area contributed by atoms with Gasteiger partial charge in [-0.05, 0) is 29.7 Å². The molecule has 6 rings (SSSR count). The number of hydrogen-bond acceptors (Lipinski definition) is 6. The molecule has 7 nitrogen and oxygen atoms in total. The minimum absolute atomic E-state index is 0.00544. The van der Waals surface area contributed by atoms with Gasteiger partial charge in [-0.3, -0.25) is 19.3 Å². The van der Waals surface area contributed by atoms with E-state index < -0.39 is 11.2 Å². The van der Waals surface area contributed by atoms with E-state index in [0.29, 0.717) is 26.2 Å². The third kappa shape index (κ3) is 3.28. The summed E-state index contributed by atoms with van der Waals surface area (Å²) in [4.78, 5) is 28.5. The van der Waals surface area contributed by atoms with Gasteiger partial charge < -0.3 is 14.7 Å². The van der Waals surface area contributed by atoms with Gasteiger partial charge in [0, 0.05) is 35.0 Å². The molecule has 0 spiro atoms. The Morgan fingerprint density at radius 2 is 1.91 bits per heavy atom. The number of amides is 1. The van der Waals surface area contributed by atoms with E-state index in [4.69, 9.17) is 4.74 Å². The number of ether oxygens (including phenoxy) is 1. The molecule has 0 radical (unpaired) electrons. The number of fused-ring (bicyclic) bond motifs is 7. The summed E-state index contributed by atoms with van der Waals surface area (Å²) in [6.45, 7) is 1.21. The Bertz CT molecular complexity index is 1380. The molecule has 1 N–H and O–H groups in total. The zero-order valence-corrected chi connectivity index (χ0v) is 19.2. The molecule has 0 fully saturated rings. The van der Waals surface area contributed by atoms with Crippen LogP contribution in [-0.2, 0) is 5.75 Å². The molecule has 1 aromatic heterocycles. The third-order valence-electron chi connectivity index (χ3n) is 6.53. The van der Waals surface area contributed by atoms with Crippen LogP contribution < -0.4 is 15.2 Å². The van der Waals surface area contributed by atoms with Crippen LogP contribution in [0.3, 0.4) is 0 Å². The number of hydrogen-bond donors (Lipinski definition) is 1. The second-order valence-electron chi connectivity index (χ2n) is 8.50. The van der Waals surface area contributed by atoms with E-state index in [1.165, 1.54) is 6.07 Å². The van der Waals surface area contributed by atoms with Gasteiger partial charge >= 0.3 is 0 Å². The molecule has 34 heavy (non-hydrogen) atoms. The predicted molar refractivity (Wildman–Crippen MR) is 130 cm³/mol. The quantitative estimate of drug-likeness (QED) is 0.503. The average molecular weight is 474 g/mol. The summed E-state index contributed by atoms with van der Waals surface area (Å²) >= 11 is 1.77. The molecule has 3 aliphatic rings. The lowest BCUT2D eigenvalue weighted by Gasteiger charge is -2.44. The van der Waals surface area contributed by atoms with Crippen molar-refractivity contribution >= 4 is 17.7 Å². The van der Waals surface area contributed by atoms with Gasteiger partial charge in [0.15, 0.2) is 11.4 Å². The maximum Gasteiger partial charge on any atom is 0.277 e. The van der Waals surface area contributed by atoms with Gasteiger partial charge in [0.2, 0.25) is 5.43 Å². The zero-order chi connectivity index (χ0) is 23.2. The van der Waals surface area contributed by atoms with Gasteiger partial charge in [-0.2, -0.15) is 0 Å². The van der Waals surface area contributed by atoms with Crippen molar-refractivity contribution < 1.29 is 14.6 Å². The van der Waals surface area contributed by atoms with Gasteiger partial charge in [-0.1, -0.05) is 42.5 Å². The first kappa shape index (κ1) is 20.9. The first-order valence-electron chi connectivity index (χ1n) is 11.3. The van der Waals surface area contributed by atoms with Gasteiger partial charge in [0.05, 0.1) is 0 Å². The van der Waals surface area contributed by atoms with E-state index in [1.807, 2.05) is 36.4 Å². The van der Waals surface area contributed by atoms with Crippen LogP contribution in [0.2, 0.25) is 0 Å². The average Bonchev–Trinajstić information content (AvgIpc) is 3.01. The van der Waals surface area contributed by atoms with Crippen LogP contribution in [0.4, 0.5) is 0 Å². The fourth-order valence-electron chi connectivity index (χ4n) is 4.93. The summed E-state index contributed by atoms with van der Waals surface area (Å²) in [5, 5.41) is 12.7. The highest BCUT2D eigenvalue weighted by Gasteiger charge is 2.39. The topological polar surface area (TPSA) is 75.0 Å². The Morgan fingerprint density at radius 3 is 2.82 bits per heavy atom. The molecule has 1 amide bonds. The summed E-state index contributed by atoms with van der Waals surface area (Å²) in [7, 11) is 0. The maximum absolute atomic E-state index is 13.4. The summed E-state index contributed by atoms with van der Waals surface area (Å²) in [5.41, 5.74) is 2.71. The van der Waals surface area contributed by atoms with Crippen LogP contribution in [0.25, 0.3) is 0 Å². The Morgan fingerprint density at radius 1 is 1.03 bits per heavy atom. The van der Waals surface area contributed by atoms with Crippen LogP contribution in [0.1, 0.15) is 39.6 Å². The van der Waals surface area contributed by atoms with Crippen molar-refractivity contribution in [1.82, 2.24) is 9.58 Å². The van der Waals surface area contributed by atoms with E-state index in [0.717, 1.165) is 33.1 Å². The monoisotopic (exact) mass is 473 g/mol. The molecule has 0 aliphatic carbocycles. The molecular weight excluding hydrogens is 450 g/mol. The van der Waals surface area contributed by atoms with Crippen LogP contribution >= 0.6 is 11.8 Å². The number of carbonyl (C=O) groups is 1. The molecule has 172 valence electrons. The summed E-state index contributed by atoms with van der Waals surface area (Å²) in [6, 6.07) is 15.4. The highest BCUT2D eigenvalue weighted by atomic mass is 32.2. The number of benzene rings is 2. The van der Waals surface area contributed by atoms with E-state index in [-0.39, 0.29) is 17.6 Å². The van der Waals surface area contributed by atoms with E-state index in [9.17, 15) is 14.7 Å². The normalized spacial score (nSPS) is 20.0. The lowest BCUT2D eigenvalue weighted by molar-refractivity contribution is 0.0682. The highest BCUT2D eigenvalue weighted by molar-refractivity contribution is 7.98. The van der Waals surface area contributed by atoms with Crippen LogP contribution in [0.15, 0.2) is 76.6 Å². The Labute approximate surface area is 200 Å². The lowest BCUT2D eigenvalue weighted by atomic mass is 9.93. The van der Waals surface area contributed by atoms with Crippen molar-refractivity contribution in [2.24, 2.45) is 0 Å². The van der Waals surface area contributed by atoms with Crippen molar-refractivity contribution in [3.8, 4) is 11.5 Å². The molecule has 0 saturated heterocycles. The van der Waals surface area contributed by atoms with Gasteiger partial charge in [0.25, 0.3) is 5.91 Å². The van der Waals surface area contributed by atoms with Crippen LogP contribution in [-0.4, -0.2) is 40.4 Å². The SMILES string of the molecule is O=C1c2c(O)c(=O)ccn2N2CN1CC/C=C\COc1cccc3c1[C@@H]2c1ccccc1SC3. The molecule has 1 atom stereocenters. The van der Waals surface area contributed by atoms with Gasteiger partial charge in [0.1, 0.15) is 25.1 Å². The van der Waals surface area contributed by atoms with Crippen molar-refractivity contribution in [2.45, 2.75) is 23.1 Å². The molecule has 2 bridgehead atoms. The zero-order valence-electron chi connectivity index (χ0n) is 18.4. The van der Waals surface area contributed by atoms with Gasteiger partial charge in [-0.15, -0.1) is 11.8 Å². The molecule has 0 saturated carbocycles. The Kier molecular flexibility index (Phi) is 5.10. The van der Waals surface area contributed by atoms with Crippen LogP contribution in [0.5, 0.6) is 11.5 Å². The first-order chi connectivity index (χ1) is 16.6. The Balaban J connectivity index is 1.67. The first-order valence-corrected chi connectivity index (χ1v) is 12.2. The number of aromatic hydroxyl groups is 1. The highest BCUT2D eigenvalue weighted by Crippen LogP contribution is 2.46. The molecule has 0 unspecified atom stereocenters. The fourth-order valence-corrected chi connectivity index (χ4v) is 6.01. The third-order valence-corrected chi connectivity index (χ3v) is 7.67. The summed E-state index contributed by atoms with van der Waals surface area (Å²) < 4.78 is 7.90. The van der Waals surface area contributed by atoms with Crippen molar-refractivity contribution in [2.75, 3.05) is 24.8 Å². The lowest BCUT2D eigenvalue weighted by Crippen LogP contribution is -2.55. The van der Waals surface area contributed by atoms with Gasteiger partial charge in [-0.25, -0.2) is 0 Å². The number of rotatable bonds is 0. The standard InChI is InChI=1S/C26H23N3O4S/c30-19-11-13-28-24(25(19)31)26(32)27-12-4-1-5-14-33-20-9-6-7-17-15-34-21-10-3-2-8-18(21)23(22(17)20)29(28)16-27/h1-3,5-11,13,23,31H,4,12,14-16H2/b5-1-/t23-/m0/s1. The minimum Gasteiger partial charge on any atom is -0.502 e. The van der Waals surface area contributed by atoms with Crippen molar-refractivity contribution in [3.05, 3.63) is 99.5 Å². The number of aromatic nitrogens is 1. The molecule has 8 heteroatoms. The Hall–Kier alpha value is -3.65. The predicted octanol–water partition coefficient (Wildman–Crippen LogP) is 3.64. The van der Waals surface area contributed by atoms with Crippen LogP contribution in [0, 0.1) is 0 Å². The number of nitrogens with zero attached hydrogens (tertiary/aromatic N) is 3. The number of pyridine rings is 1. The van der Waals surface area contributed by atoms with E-state index in [1.54, 1.807) is 27.5 Å². The second-order valence-corrected chi connectivity index (χ2v) is 9.52. The van der Waals surface area contributed by atoms with Crippen molar-refractivity contribution in [3.63, 3.8) is 0 Å². The number of carbonyl (C=O) groups excluding carboxylic acids is 1.